The lowest BCUT2D eigenvalue weighted by Gasteiger charge is -2.27. The van der Waals surface area contributed by atoms with Gasteiger partial charge in [-0.15, -0.1) is 12.6 Å². The summed E-state index contributed by atoms with van der Waals surface area (Å²) in [6, 6.07) is 5.94. The molecule has 1 heterocycles. The minimum absolute atomic E-state index is 0.118. The molecule has 0 saturated carbocycles. The topological polar surface area (TPSA) is 20.3 Å². The maximum Gasteiger partial charge on any atom is 0.255 e. The quantitative estimate of drug-likeness (QED) is 0.768. The molecule has 1 aliphatic heterocycles. The van der Waals surface area contributed by atoms with Gasteiger partial charge in [-0.1, -0.05) is 12.8 Å². The molecule has 1 fully saturated rings. The van der Waals surface area contributed by atoms with Crippen LogP contribution in [-0.4, -0.2) is 23.4 Å². The van der Waals surface area contributed by atoms with Crippen LogP contribution in [-0.2, 0) is 0 Å². The fraction of sp³-hybridized carbons (Fsp3) is 0.500. The van der Waals surface area contributed by atoms with Gasteiger partial charge in [-0.3, -0.25) is 4.79 Å². The summed E-state index contributed by atoms with van der Waals surface area (Å²) in [5, 5.41) is 0. The first-order valence-electron chi connectivity index (χ1n) is 6.39. The molecule has 0 spiro atoms. The van der Waals surface area contributed by atoms with Crippen molar-refractivity contribution in [1.82, 2.24) is 4.90 Å². The first kappa shape index (κ1) is 13.9. The van der Waals surface area contributed by atoms with E-state index in [0.29, 0.717) is 6.04 Å². The molecule has 1 aromatic rings. The molecular formula is C14H18BrNOS. The Morgan fingerprint density at radius 1 is 1.39 bits per heavy atom. The van der Waals surface area contributed by atoms with Crippen molar-refractivity contribution in [3.8, 4) is 0 Å². The highest BCUT2D eigenvalue weighted by molar-refractivity contribution is 9.10. The molecule has 1 amide bonds. The number of likely N-dealkylation sites (tertiary alicyclic amines) is 1. The molecule has 0 aromatic heterocycles. The Morgan fingerprint density at radius 2 is 2.17 bits per heavy atom. The summed E-state index contributed by atoms with van der Waals surface area (Å²) in [5.74, 6) is 0.118. The smallest absolute Gasteiger partial charge is 0.255 e. The van der Waals surface area contributed by atoms with E-state index in [1.54, 1.807) is 0 Å². The summed E-state index contributed by atoms with van der Waals surface area (Å²) in [6.45, 7) is 3.00. The SMILES string of the molecule is CC1CCCCCN1C(=O)c1cc(S)ccc1Br. The average Bonchev–Trinajstić information content (AvgIpc) is 2.56. The number of hydrogen-bond donors (Lipinski definition) is 1. The molecule has 0 radical (unpaired) electrons. The molecule has 18 heavy (non-hydrogen) atoms. The lowest BCUT2D eigenvalue weighted by molar-refractivity contribution is 0.0696. The van der Waals surface area contributed by atoms with Gasteiger partial charge in [0.25, 0.3) is 5.91 Å². The normalized spacial score (nSPS) is 20.6. The Kier molecular flexibility index (Phi) is 4.73. The van der Waals surface area contributed by atoms with Crippen molar-refractivity contribution in [2.24, 2.45) is 0 Å². The monoisotopic (exact) mass is 327 g/mol. The van der Waals surface area contributed by atoms with Gasteiger partial charge in [0.15, 0.2) is 0 Å². The Morgan fingerprint density at radius 3 is 2.94 bits per heavy atom. The van der Waals surface area contributed by atoms with Gasteiger partial charge in [0.05, 0.1) is 5.56 Å². The maximum absolute atomic E-state index is 12.6. The summed E-state index contributed by atoms with van der Waals surface area (Å²) >= 11 is 7.77. The molecule has 98 valence electrons. The second kappa shape index (κ2) is 6.11. The molecule has 0 N–H and O–H groups in total. The van der Waals surface area contributed by atoms with Crippen molar-refractivity contribution in [2.75, 3.05) is 6.54 Å². The van der Waals surface area contributed by atoms with Crippen LogP contribution in [0.1, 0.15) is 43.0 Å². The zero-order valence-corrected chi connectivity index (χ0v) is 13.0. The minimum Gasteiger partial charge on any atom is -0.336 e. The van der Waals surface area contributed by atoms with Crippen molar-refractivity contribution >= 4 is 34.5 Å². The van der Waals surface area contributed by atoms with Crippen LogP contribution in [0.2, 0.25) is 0 Å². The number of nitrogens with zero attached hydrogens (tertiary/aromatic N) is 1. The van der Waals surface area contributed by atoms with Crippen molar-refractivity contribution in [1.29, 1.82) is 0 Å². The predicted octanol–water partition coefficient (Wildman–Crippen LogP) is 4.14. The molecule has 0 bridgehead atoms. The van der Waals surface area contributed by atoms with Gasteiger partial charge in [0.2, 0.25) is 0 Å². The number of thiol groups is 1. The summed E-state index contributed by atoms with van der Waals surface area (Å²) < 4.78 is 0.849. The van der Waals surface area contributed by atoms with E-state index >= 15 is 0 Å². The lowest BCUT2D eigenvalue weighted by atomic mass is 10.1. The van der Waals surface area contributed by atoms with Crippen LogP contribution in [0, 0.1) is 0 Å². The summed E-state index contributed by atoms with van der Waals surface area (Å²) in [7, 11) is 0. The Hall–Kier alpha value is -0.480. The van der Waals surface area contributed by atoms with Crippen molar-refractivity contribution < 1.29 is 4.79 Å². The minimum atomic E-state index is 0.118. The molecule has 4 heteroatoms. The van der Waals surface area contributed by atoms with Gasteiger partial charge < -0.3 is 4.90 Å². The first-order chi connectivity index (χ1) is 8.59. The molecule has 2 nitrogen and oxygen atoms in total. The highest BCUT2D eigenvalue weighted by Crippen LogP contribution is 2.25. The summed E-state index contributed by atoms with van der Waals surface area (Å²) in [6.07, 6.45) is 4.65. The van der Waals surface area contributed by atoms with Crippen LogP contribution < -0.4 is 0 Å². The van der Waals surface area contributed by atoms with E-state index in [9.17, 15) is 4.79 Å². The highest BCUT2D eigenvalue weighted by Gasteiger charge is 2.24. The van der Waals surface area contributed by atoms with E-state index in [1.165, 1.54) is 12.8 Å². The van der Waals surface area contributed by atoms with Crippen LogP contribution >= 0.6 is 28.6 Å². The number of hydrogen-bond acceptors (Lipinski definition) is 2. The van der Waals surface area contributed by atoms with Crippen LogP contribution in [0.25, 0.3) is 0 Å². The number of amides is 1. The van der Waals surface area contributed by atoms with E-state index in [-0.39, 0.29) is 5.91 Å². The fourth-order valence-corrected chi connectivity index (χ4v) is 3.03. The molecule has 2 rings (SSSR count). The van der Waals surface area contributed by atoms with E-state index in [1.807, 2.05) is 23.1 Å². The largest absolute Gasteiger partial charge is 0.336 e. The molecular weight excluding hydrogens is 310 g/mol. The Labute approximate surface area is 122 Å². The third-order valence-electron chi connectivity index (χ3n) is 3.49. The van der Waals surface area contributed by atoms with Gasteiger partial charge in [0, 0.05) is 22.0 Å². The number of carbonyl (C=O) groups excluding carboxylic acids is 1. The summed E-state index contributed by atoms with van der Waals surface area (Å²) in [5.41, 5.74) is 0.719. The predicted molar refractivity (Wildman–Crippen MR) is 80.4 cm³/mol. The molecule has 1 saturated heterocycles. The fourth-order valence-electron chi connectivity index (χ4n) is 2.41. The van der Waals surface area contributed by atoms with Gasteiger partial charge in [-0.25, -0.2) is 0 Å². The van der Waals surface area contributed by atoms with Crippen LogP contribution in [0.15, 0.2) is 27.6 Å². The van der Waals surface area contributed by atoms with E-state index in [0.717, 1.165) is 34.3 Å². The molecule has 1 aliphatic rings. The summed E-state index contributed by atoms with van der Waals surface area (Å²) in [4.78, 5) is 15.4. The van der Waals surface area contributed by atoms with Gasteiger partial charge >= 0.3 is 0 Å². The molecule has 1 atom stereocenters. The van der Waals surface area contributed by atoms with Crippen LogP contribution in [0.3, 0.4) is 0 Å². The number of benzene rings is 1. The third kappa shape index (κ3) is 3.09. The molecule has 1 aromatic carbocycles. The van der Waals surface area contributed by atoms with E-state index in [4.69, 9.17) is 0 Å². The lowest BCUT2D eigenvalue weighted by Crippen LogP contribution is -2.38. The first-order valence-corrected chi connectivity index (χ1v) is 7.63. The van der Waals surface area contributed by atoms with Crippen molar-refractivity contribution in [3.63, 3.8) is 0 Å². The van der Waals surface area contributed by atoms with E-state index < -0.39 is 0 Å². The van der Waals surface area contributed by atoms with Gasteiger partial charge in [-0.05, 0) is 53.9 Å². The highest BCUT2D eigenvalue weighted by atomic mass is 79.9. The van der Waals surface area contributed by atoms with Gasteiger partial charge in [-0.2, -0.15) is 0 Å². The van der Waals surface area contributed by atoms with Crippen LogP contribution in [0.4, 0.5) is 0 Å². The second-order valence-corrected chi connectivity index (χ2v) is 6.23. The van der Waals surface area contributed by atoms with Crippen molar-refractivity contribution in [3.05, 3.63) is 28.2 Å². The number of halogens is 1. The second-order valence-electron chi connectivity index (χ2n) is 4.86. The standard InChI is InChI=1S/C14H18BrNOS/c1-10-5-3-2-4-8-16(10)14(17)12-9-11(18)6-7-13(12)15/h6-7,9-10,18H,2-5,8H2,1H3. The third-order valence-corrected chi connectivity index (χ3v) is 4.46. The van der Waals surface area contributed by atoms with Gasteiger partial charge in [0.1, 0.15) is 0 Å². The zero-order chi connectivity index (χ0) is 13.1. The van der Waals surface area contributed by atoms with Crippen LogP contribution in [0.5, 0.6) is 0 Å². The van der Waals surface area contributed by atoms with E-state index in [2.05, 4.69) is 35.5 Å². The molecule has 1 unspecified atom stereocenters. The van der Waals surface area contributed by atoms with Crippen molar-refractivity contribution in [2.45, 2.75) is 43.5 Å². The number of carbonyl (C=O) groups is 1. The average molecular weight is 328 g/mol. The zero-order valence-electron chi connectivity index (χ0n) is 10.5. The Balaban J connectivity index is 2.26. The number of rotatable bonds is 1. The Bertz CT molecular complexity index is 449. The molecule has 0 aliphatic carbocycles. The maximum atomic E-state index is 12.6.